The van der Waals surface area contributed by atoms with Gasteiger partial charge in [0.05, 0.1) is 0 Å². The molecule has 1 aromatic heterocycles. The van der Waals surface area contributed by atoms with E-state index in [4.69, 9.17) is 5.11 Å². The third-order valence-corrected chi connectivity index (χ3v) is 2.15. The van der Waals surface area contributed by atoms with Crippen molar-refractivity contribution >= 4 is 17.6 Å². The van der Waals surface area contributed by atoms with Crippen LogP contribution in [0.1, 0.15) is 21.0 Å². The van der Waals surface area contributed by atoms with Gasteiger partial charge in [0.2, 0.25) is 0 Å². The van der Waals surface area contributed by atoms with Crippen LogP contribution in [0, 0.1) is 0 Å². The van der Waals surface area contributed by atoms with Crippen LogP contribution in [-0.2, 0) is 0 Å². The standard InChI is InChI=1S/C12H9N3O3/c16-11(13-8-4-2-1-3-5-8)9-6-7-10(12(17)18)15-14-9/h1-7H,(H,13,16)(H,17,18). The molecular formula is C12H9N3O3. The van der Waals surface area contributed by atoms with Crippen LogP contribution >= 0.6 is 0 Å². The molecule has 0 radical (unpaired) electrons. The van der Waals surface area contributed by atoms with E-state index in [1.165, 1.54) is 12.1 Å². The minimum absolute atomic E-state index is 0.0591. The number of hydrogen-bond acceptors (Lipinski definition) is 4. The molecule has 1 aromatic carbocycles. The van der Waals surface area contributed by atoms with Crippen LogP contribution in [0.3, 0.4) is 0 Å². The monoisotopic (exact) mass is 243 g/mol. The van der Waals surface area contributed by atoms with E-state index in [1.807, 2.05) is 6.07 Å². The summed E-state index contributed by atoms with van der Waals surface area (Å²) in [6.45, 7) is 0. The Hall–Kier alpha value is -2.76. The number of carbonyl (C=O) groups is 2. The quantitative estimate of drug-likeness (QED) is 0.850. The summed E-state index contributed by atoms with van der Waals surface area (Å²) in [5.74, 6) is -1.62. The second kappa shape index (κ2) is 5.05. The summed E-state index contributed by atoms with van der Waals surface area (Å²) in [6, 6.07) is 11.4. The van der Waals surface area contributed by atoms with Crippen molar-refractivity contribution < 1.29 is 14.7 Å². The number of aromatic nitrogens is 2. The molecule has 0 saturated carbocycles. The van der Waals surface area contributed by atoms with E-state index in [-0.39, 0.29) is 11.4 Å². The number of carbonyl (C=O) groups excluding carboxylic acids is 1. The Labute approximate surface area is 102 Å². The van der Waals surface area contributed by atoms with E-state index in [0.717, 1.165) is 0 Å². The lowest BCUT2D eigenvalue weighted by atomic mass is 10.3. The van der Waals surface area contributed by atoms with E-state index in [9.17, 15) is 9.59 Å². The lowest BCUT2D eigenvalue weighted by Gasteiger charge is -2.03. The molecule has 0 saturated heterocycles. The first-order chi connectivity index (χ1) is 8.66. The highest BCUT2D eigenvalue weighted by Gasteiger charge is 2.10. The van der Waals surface area contributed by atoms with E-state index in [2.05, 4.69) is 15.5 Å². The lowest BCUT2D eigenvalue weighted by Crippen LogP contribution is -2.15. The normalized spacial score (nSPS) is 9.78. The number of carboxylic acids is 1. The Morgan fingerprint density at radius 3 is 2.11 bits per heavy atom. The summed E-state index contributed by atoms with van der Waals surface area (Å²) >= 11 is 0. The molecule has 6 nitrogen and oxygen atoms in total. The number of rotatable bonds is 3. The maximum atomic E-state index is 11.7. The first-order valence-corrected chi connectivity index (χ1v) is 5.10. The number of benzene rings is 1. The third-order valence-electron chi connectivity index (χ3n) is 2.15. The van der Waals surface area contributed by atoms with Crippen molar-refractivity contribution in [3.8, 4) is 0 Å². The Bertz CT molecular complexity index is 567. The summed E-state index contributed by atoms with van der Waals surface area (Å²) in [6.07, 6.45) is 0. The average molecular weight is 243 g/mol. The molecule has 0 aliphatic heterocycles. The van der Waals surface area contributed by atoms with Crippen molar-refractivity contribution in [2.45, 2.75) is 0 Å². The second-order valence-electron chi connectivity index (χ2n) is 3.43. The smallest absolute Gasteiger partial charge is 0.356 e. The van der Waals surface area contributed by atoms with Gasteiger partial charge in [-0.1, -0.05) is 18.2 Å². The van der Waals surface area contributed by atoms with Crippen LogP contribution < -0.4 is 5.32 Å². The van der Waals surface area contributed by atoms with Crippen molar-refractivity contribution in [3.63, 3.8) is 0 Å². The number of carboxylic acid groups (broad SMARTS) is 1. The Balaban J connectivity index is 2.12. The molecule has 90 valence electrons. The van der Waals surface area contributed by atoms with Crippen molar-refractivity contribution in [2.24, 2.45) is 0 Å². The Morgan fingerprint density at radius 2 is 1.56 bits per heavy atom. The zero-order valence-electron chi connectivity index (χ0n) is 9.20. The minimum Gasteiger partial charge on any atom is -0.476 e. The fourth-order valence-corrected chi connectivity index (χ4v) is 1.28. The van der Waals surface area contributed by atoms with Crippen LogP contribution in [0.25, 0.3) is 0 Å². The summed E-state index contributed by atoms with van der Waals surface area (Å²) in [5.41, 5.74) is 0.488. The van der Waals surface area contributed by atoms with Crippen molar-refractivity contribution in [1.82, 2.24) is 10.2 Å². The topological polar surface area (TPSA) is 92.2 Å². The first kappa shape index (κ1) is 11.7. The maximum absolute atomic E-state index is 11.7. The van der Waals surface area contributed by atoms with E-state index in [0.29, 0.717) is 5.69 Å². The van der Waals surface area contributed by atoms with Gasteiger partial charge in [-0.15, -0.1) is 10.2 Å². The number of nitrogens with one attached hydrogen (secondary N) is 1. The molecular weight excluding hydrogens is 234 g/mol. The van der Waals surface area contributed by atoms with Crippen molar-refractivity contribution in [3.05, 3.63) is 53.9 Å². The molecule has 1 heterocycles. The number of para-hydroxylation sites is 1. The van der Waals surface area contributed by atoms with Gasteiger partial charge in [0, 0.05) is 5.69 Å². The van der Waals surface area contributed by atoms with Gasteiger partial charge in [-0.3, -0.25) is 4.79 Å². The highest BCUT2D eigenvalue weighted by atomic mass is 16.4. The highest BCUT2D eigenvalue weighted by Crippen LogP contribution is 2.07. The number of aromatic carboxylic acids is 1. The van der Waals surface area contributed by atoms with Gasteiger partial charge >= 0.3 is 5.97 Å². The fraction of sp³-hybridized carbons (Fsp3) is 0. The Morgan fingerprint density at radius 1 is 0.944 bits per heavy atom. The van der Waals surface area contributed by atoms with Gasteiger partial charge < -0.3 is 10.4 Å². The van der Waals surface area contributed by atoms with Gasteiger partial charge in [0.15, 0.2) is 11.4 Å². The van der Waals surface area contributed by atoms with Crippen molar-refractivity contribution in [1.29, 1.82) is 0 Å². The molecule has 2 rings (SSSR count). The predicted molar refractivity (Wildman–Crippen MR) is 63.4 cm³/mol. The van der Waals surface area contributed by atoms with E-state index >= 15 is 0 Å². The Kier molecular flexibility index (Phi) is 3.29. The van der Waals surface area contributed by atoms with E-state index in [1.54, 1.807) is 24.3 Å². The number of amides is 1. The molecule has 0 aliphatic carbocycles. The van der Waals surface area contributed by atoms with Crippen LogP contribution in [0.2, 0.25) is 0 Å². The lowest BCUT2D eigenvalue weighted by molar-refractivity contribution is 0.0688. The number of hydrogen-bond donors (Lipinski definition) is 2. The van der Waals surface area contributed by atoms with Crippen LogP contribution in [0.15, 0.2) is 42.5 Å². The van der Waals surface area contributed by atoms with Crippen molar-refractivity contribution in [2.75, 3.05) is 5.32 Å². The number of anilines is 1. The maximum Gasteiger partial charge on any atom is 0.356 e. The summed E-state index contributed by atoms with van der Waals surface area (Å²) < 4.78 is 0. The molecule has 0 bridgehead atoms. The van der Waals surface area contributed by atoms with Crippen LogP contribution in [0.4, 0.5) is 5.69 Å². The van der Waals surface area contributed by atoms with Gasteiger partial charge in [-0.05, 0) is 24.3 Å². The number of nitrogens with zero attached hydrogens (tertiary/aromatic N) is 2. The van der Waals surface area contributed by atoms with Crippen LogP contribution in [-0.4, -0.2) is 27.2 Å². The predicted octanol–water partition coefficient (Wildman–Crippen LogP) is 1.43. The van der Waals surface area contributed by atoms with Gasteiger partial charge in [-0.2, -0.15) is 0 Å². The summed E-state index contributed by atoms with van der Waals surface area (Å²) in [4.78, 5) is 22.3. The first-order valence-electron chi connectivity index (χ1n) is 5.10. The average Bonchev–Trinajstić information content (AvgIpc) is 2.40. The molecule has 2 N–H and O–H groups in total. The van der Waals surface area contributed by atoms with Crippen LogP contribution in [0.5, 0.6) is 0 Å². The molecule has 1 amide bonds. The molecule has 0 aliphatic rings. The summed E-state index contributed by atoms with van der Waals surface area (Å²) in [5, 5.41) is 18.2. The molecule has 0 spiro atoms. The molecule has 2 aromatic rings. The van der Waals surface area contributed by atoms with Gasteiger partial charge in [0.25, 0.3) is 5.91 Å². The zero-order valence-corrected chi connectivity index (χ0v) is 9.20. The molecule has 6 heteroatoms. The minimum atomic E-state index is -1.18. The molecule has 18 heavy (non-hydrogen) atoms. The SMILES string of the molecule is O=C(O)c1ccc(C(=O)Nc2ccccc2)nn1. The zero-order chi connectivity index (χ0) is 13.0. The van der Waals surface area contributed by atoms with E-state index < -0.39 is 11.9 Å². The molecule has 0 fully saturated rings. The van der Waals surface area contributed by atoms with Gasteiger partial charge in [-0.25, -0.2) is 4.79 Å². The highest BCUT2D eigenvalue weighted by molar-refractivity contribution is 6.02. The molecule has 0 atom stereocenters. The summed E-state index contributed by atoms with van der Waals surface area (Å²) in [7, 11) is 0. The molecule has 0 unspecified atom stereocenters. The third kappa shape index (κ3) is 2.67. The van der Waals surface area contributed by atoms with Gasteiger partial charge in [0.1, 0.15) is 0 Å². The largest absolute Gasteiger partial charge is 0.476 e. The fourth-order valence-electron chi connectivity index (χ4n) is 1.28. The second-order valence-corrected chi connectivity index (χ2v) is 3.43.